The molecule has 2 unspecified atom stereocenters. The van der Waals surface area contributed by atoms with Crippen molar-refractivity contribution >= 4 is 28.2 Å². The standard InChI is InChI=1S/C15H25N5O8S/c1-15(2)4-10(19-6-11(15)20(14(19)23)28-29(24,25)26)13(22)18-27-7-8-3-9(12(16)21)17-5-8/h8-11,17H,3-7H2,1-2H3,(H2,16,21)(H,18,22)(H,24,25,26)/t8?,9?,10-,11-/m0/s1. The van der Waals surface area contributed by atoms with E-state index in [1.807, 2.05) is 0 Å². The summed E-state index contributed by atoms with van der Waals surface area (Å²) in [5.74, 6) is -1.01. The van der Waals surface area contributed by atoms with E-state index in [0.717, 1.165) is 0 Å². The highest BCUT2D eigenvalue weighted by atomic mass is 32.3. The van der Waals surface area contributed by atoms with Gasteiger partial charge in [0.25, 0.3) is 5.91 Å². The van der Waals surface area contributed by atoms with E-state index in [2.05, 4.69) is 15.1 Å². The van der Waals surface area contributed by atoms with Gasteiger partial charge >= 0.3 is 16.4 Å². The van der Waals surface area contributed by atoms with Crippen LogP contribution in [0.3, 0.4) is 0 Å². The molecule has 0 saturated carbocycles. The Labute approximate surface area is 167 Å². The fraction of sp³-hybridized carbons (Fsp3) is 0.800. The summed E-state index contributed by atoms with van der Waals surface area (Å²) in [5.41, 5.74) is 6.90. The summed E-state index contributed by atoms with van der Waals surface area (Å²) < 4.78 is 35.5. The van der Waals surface area contributed by atoms with Crippen LogP contribution in [0.2, 0.25) is 0 Å². The van der Waals surface area contributed by atoms with Crippen LogP contribution in [0.15, 0.2) is 0 Å². The van der Waals surface area contributed by atoms with Gasteiger partial charge in [0, 0.05) is 13.1 Å². The van der Waals surface area contributed by atoms with E-state index in [1.165, 1.54) is 4.90 Å². The van der Waals surface area contributed by atoms with Gasteiger partial charge in [-0.25, -0.2) is 10.3 Å². The molecule has 0 aromatic carbocycles. The third-order valence-electron chi connectivity index (χ3n) is 5.62. The average Bonchev–Trinajstić information content (AvgIpc) is 3.16. The maximum atomic E-state index is 12.6. The van der Waals surface area contributed by atoms with Gasteiger partial charge in [0.05, 0.1) is 18.7 Å². The monoisotopic (exact) mass is 435 g/mol. The van der Waals surface area contributed by atoms with Crippen molar-refractivity contribution in [3.8, 4) is 0 Å². The van der Waals surface area contributed by atoms with Crippen molar-refractivity contribution in [3.05, 3.63) is 0 Å². The van der Waals surface area contributed by atoms with Crippen LogP contribution in [0.25, 0.3) is 0 Å². The second kappa shape index (κ2) is 7.68. The molecule has 3 aliphatic heterocycles. The number of carbonyl (C=O) groups is 3. The number of nitrogens with zero attached hydrogens (tertiary/aromatic N) is 2. The summed E-state index contributed by atoms with van der Waals surface area (Å²) in [6.07, 6.45) is 0.731. The van der Waals surface area contributed by atoms with Crippen molar-refractivity contribution in [2.75, 3.05) is 19.7 Å². The van der Waals surface area contributed by atoms with Crippen LogP contribution in [0.1, 0.15) is 26.7 Å². The summed E-state index contributed by atoms with van der Waals surface area (Å²) in [6.45, 7) is 4.28. The number of nitrogens with two attached hydrogens (primary N) is 1. The lowest BCUT2D eigenvalue weighted by Gasteiger charge is -2.40. The van der Waals surface area contributed by atoms with Gasteiger partial charge in [-0.05, 0) is 24.2 Å². The molecular formula is C15H25N5O8S. The Kier molecular flexibility index (Phi) is 5.75. The van der Waals surface area contributed by atoms with Crippen molar-refractivity contribution < 1.29 is 36.5 Å². The van der Waals surface area contributed by atoms with Gasteiger partial charge in [-0.1, -0.05) is 13.8 Å². The molecule has 3 rings (SSSR count). The van der Waals surface area contributed by atoms with E-state index in [4.69, 9.17) is 15.1 Å². The SMILES string of the molecule is CC1(C)C[C@@H](C(=O)NOCC2CNC(C(N)=O)C2)N2C[C@@H]1N(OS(=O)(=O)O)C2=O. The Morgan fingerprint density at radius 1 is 1.41 bits per heavy atom. The number of hydroxylamine groups is 3. The second-order valence-corrected chi connectivity index (χ2v) is 9.23. The second-order valence-electron chi connectivity index (χ2n) is 8.23. The maximum absolute atomic E-state index is 12.6. The van der Waals surface area contributed by atoms with Gasteiger partial charge < -0.3 is 16.0 Å². The highest BCUT2D eigenvalue weighted by molar-refractivity contribution is 7.80. The highest BCUT2D eigenvalue weighted by Crippen LogP contribution is 2.42. The molecule has 164 valence electrons. The lowest BCUT2D eigenvalue weighted by Crippen LogP contribution is -2.54. The molecule has 3 saturated heterocycles. The van der Waals surface area contributed by atoms with Crippen molar-refractivity contribution in [1.82, 2.24) is 20.8 Å². The topological polar surface area (TPSA) is 181 Å². The number of hydrogen-bond acceptors (Lipinski definition) is 8. The summed E-state index contributed by atoms with van der Waals surface area (Å²) in [4.78, 5) is 42.7. The molecule has 4 atom stereocenters. The number of amides is 4. The van der Waals surface area contributed by atoms with Crippen molar-refractivity contribution in [2.45, 2.75) is 44.8 Å². The minimum absolute atomic E-state index is 0.00736. The molecule has 0 aromatic rings. The molecule has 5 N–H and O–H groups in total. The molecule has 0 aromatic heterocycles. The molecule has 14 heteroatoms. The number of nitrogens with one attached hydrogen (secondary N) is 2. The zero-order valence-electron chi connectivity index (χ0n) is 16.0. The summed E-state index contributed by atoms with van der Waals surface area (Å²) in [6, 6.07) is -2.81. The fourth-order valence-electron chi connectivity index (χ4n) is 4.04. The lowest BCUT2D eigenvalue weighted by atomic mass is 9.76. The highest BCUT2D eigenvalue weighted by Gasteiger charge is 2.57. The molecule has 13 nitrogen and oxygen atoms in total. The number of urea groups is 1. The zero-order chi connectivity index (χ0) is 21.6. The number of fused-ring (bicyclic) bond motifs is 2. The van der Waals surface area contributed by atoms with E-state index in [-0.39, 0.29) is 25.5 Å². The maximum Gasteiger partial charge on any atom is 0.418 e. The van der Waals surface area contributed by atoms with E-state index < -0.39 is 51.8 Å². The number of primary amides is 1. The van der Waals surface area contributed by atoms with Gasteiger partial charge in [-0.3, -0.25) is 19.0 Å². The summed E-state index contributed by atoms with van der Waals surface area (Å²) >= 11 is 0. The minimum atomic E-state index is -4.89. The predicted molar refractivity (Wildman–Crippen MR) is 95.7 cm³/mol. The Balaban J connectivity index is 1.59. The van der Waals surface area contributed by atoms with E-state index in [1.54, 1.807) is 13.8 Å². The van der Waals surface area contributed by atoms with Gasteiger partial charge in [-0.15, -0.1) is 4.28 Å². The molecule has 4 amide bonds. The van der Waals surface area contributed by atoms with Crippen LogP contribution in [0.5, 0.6) is 0 Å². The van der Waals surface area contributed by atoms with Gasteiger partial charge in [0.2, 0.25) is 5.91 Å². The molecule has 3 aliphatic rings. The normalized spacial score (nSPS) is 31.2. The molecule has 3 fully saturated rings. The number of hydrogen-bond donors (Lipinski definition) is 4. The van der Waals surface area contributed by atoms with Gasteiger partial charge in [-0.2, -0.15) is 13.5 Å². The predicted octanol–water partition coefficient (Wildman–Crippen LogP) is -1.86. The number of piperidine rings is 1. The Hall–Kier alpha value is -2.00. The largest absolute Gasteiger partial charge is 0.418 e. The van der Waals surface area contributed by atoms with Crippen LogP contribution < -0.4 is 16.5 Å². The summed E-state index contributed by atoms with van der Waals surface area (Å²) in [7, 11) is -4.89. The van der Waals surface area contributed by atoms with Crippen LogP contribution in [0, 0.1) is 11.3 Å². The minimum Gasteiger partial charge on any atom is -0.368 e. The first-order valence-electron chi connectivity index (χ1n) is 9.10. The molecule has 0 spiro atoms. The third kappa shape index (κ3) is 4.61. The van der Waals surface area contributed by atoms with E-state index in [0.29, 0.717) is 18.0 Å². The Morgan fingerprint density at radius 3 is 2.69 bits per heavy atom. The summed E-state index contributed by atoms with van der Waals surface area (Å²) in [5, 5.41) is 3.56. The van der Waals surface area contributed by atoms with E-state index >= 15 is 0 Å². The smallest absolute Gasteiger partial charge is 0.368 e. The van der Waals surface area contributed by atoms with E-state index in [9.17, 15) is 22.8 Å². The molecule has 29 heavy (non-hydrogen) atoms. The number of rotatable bonds is 7. The van der Waals surface area contributed by atoms with Crippen LogP contribution in [-0.4, -0.2) is 78.6 Å². The van der Waals surface area contributed by atoms with Gasteiger partial charge in [0.1, 0.15) is 6.04 Å². The zero-order valence-corrected chi connectivity index (χ0v) is 16.8. The van der Waals surface area contributed by atoms with Crippen molar-refractivity contribution in [3.63, 3.8) is 0 Å². The molecule has 3 heterocycles. The third-order valence-corrected chi connectivity index (χ3v) is 5.97. The lowest BCUT2D eigenvalue weighted by molar-refractivity contribution is -0.142. The average molecular weight is 435 g/mol. The molecular weight excluding hydrogens is 410 g/mol. The van der Waals surface area contributed by atoms with Crippen molar-refractivity contribution in [1.29, 1.82) is 0 Å². The van der Waals surface area contributed by atoms with Crippen LogP contribution in [0.4, 0.5) is 4.79 Å². The molecule has 2 bridgehead atoms. The number of carbonyl (C=O) groups excluding carboxylic acids is 3. The molecule has 0 aliphatic carbocycles. The Bertz CT molecular complexity index is 803. The van der Waals surface area contributed by atoms with Crippen molar-refractivity contribution in [2.24, 2.45) is 17.1 Å². The van der Waals surface area contributed by atoms with Gasteiger partial charge in [0.15, 0.2) is 0 Å². The van der Waals surface area contributed by atoms with Crippen LogP contribution >= 0.6 is 0 Å². The quantitative estimate of drug-likeness (QED) is 0.263. The Morgan fingerprint density at radius 2 is 2.10 bits per heavy atom. The molecule has 0 radical (unpaired) electrons. The first-order valence-corrected chi connectivity index (χ1v) is 10.5. The van der Waals surface area contributed by atoms with Crippen LogP contribution in [-0.2, 0) is 29.1 Å². The fourth-order valence-corrected chi connectivity index (χ4v) is 4.41. The first-order chi connectivity index (χ1) is 13.4. The first kappa shape index (κ1) is 21.7.